The van der Waals surface area contributed by atoms with Gasteiger partial charge in [-0.15, -0.1) is 0 Å². The van der Waals surface area contributed by atoms with Gasteiger partial charge in [0.15, 0.2) is 5.17 Å². The normalized spacial score (nSPS) is 15.7. The monoisotopic (exact) mass is 502 g/mol. The number of hydrogen-bond acceptors (Lipinski definition) is 6. The first-order valence-electron chi connectivity index (χ1n) is 11.4. The molecule has 3 aromatic rings. The lowest BCUT2D eigenvalue weighted by Crippen LogP contribution is -2.28. The summed E-state index contributed by atoms with van der Waals surface area (Å²) in [7, 11) is 1.60. The molecule has 0 saturated carbocycles. The summed E-state index contributed by atoms with van der Waals surface area (Å²) in [5.74, 6) is 0.323. The first-order chi connectivity index (χ1) is 17.3. The van der Waals surface area contributed by atoms with Crippen LogP contribution in [0.4, 0.5) is 5.69 Å². The summed E-state index contributed by atoms with van der Waals surface area (Å²) in [6.07, 6.45) is 1.92. The Labute approximate surface area is 214 Å². The zero-order valence-electron chi connectivity index (χ0n) is 20.2. The molecular formula is C28H26N2O5S. The summed E-state index contributed by atoms with van der Waals surface area (Å²) in [5.41, 5.74) is 2.55. The molecular weight excluding hydrogens is 476 g/mol. The topological polar surface area (TPSA) is 88.4 Å². The molecule has 0 radical (unpaired) electrons. The summed E-state index contributed by atoms with van der Waals surface area (Å²) in [6, 6.07) is 21.3. The second-order valence-electron chi connectivity index (χ2n) is 8.33. The van der Waals surface area contributed by atoms with E-state index in [1.165, 1.54) is 23.9 Å². The Kier molecular flexibility index (Phi) is 7.75. The predicted octanol–water partition coefficient (Wildman–Crippen LogP) is 5.98. The van der Waals surface area contributed by atoms with Crippen molar-refractivity contribution in [1.29, 1.82) is 0 Å². The van der Waals surface area contributed by atoms with Gasteiger partial charge in [0.1, 0.15) is 11.5 Å². The minimum atomic E-state index is -0.994. The van der Waals surface area contributed by atoms with Crippen molar-refractivity contribution in [3.8, 4) is 11.5 Å². The van der Waals surface area contributed by atoms with Crippen LogP contribution in [0.1, 0.15) is 35.3 Å². The number of carboxylic acid groups (broad SMARTS) is 1. The zero-order valence-corrected chi connectivity index (χ0v) is 21.0. The molecule has 1 heterocycles. The molecule has 4 rings (SSSR count). The van der Waals surface area contributed by atoms with Gasteiger partial charge in [0.2, 0.25) is 0 Å². The smallest absolute Gasteiger partial charge is 0.335 e. The van der Waals surface area contributed by atoms with Crippen LogP contribution >= 0.6 is 11.8 Å². The van der Waals surface area contributed by atoms with Gasteiger partial charge in [0.25, 0.3) is 5.91 Å². The van der Waals surface area contributed by atoms with Gasteiger partial charge in [0.05, 0.1) is 35.9 Å². The van der Waals surface area contributed by atoms with Crippen molar-refractivity contribution in [3.05, 3.63) is 94.4 Å². The molecule has 1 N–H and O–H groups in total. The average molecular weight is 503 g/mol. The Morgan fingerprint density at radius 2 is 1.64 bits per heavy atom. The van der Waals surface area contributed by atoms with Crippen LogP contribution in [0.3, 0.4) is 0 Å². The molecule has 0 unspecified atom stereocenters. The number of nitrogens with zero attached hydrogens (tertiary/aromatic N) is 2. The van der Waals surface area contributed by atoms with Crippen LogP contribution in [0.25, 0.3) is 6.08 Å². The molecule has 1 saturated heterocycles. The van der Waals surface area contributed by atoms with Gasteiger partial charge >= 0.3 is 5.97 Å². The molecule has 36 heavy (non-hydrogen) atoms. The van der Waals surface area contributed by atoms with Crippen molar-refractivity contribution in [1.82, 2.24) is 4.90 Å². The summed E-state index contributed by atoms with van der Waals surface area (Å²) < 4.78 is 10.9. The van der Waals surface area contributed by atoms with Crippen molar-refractivity contribution in [3.63, 3.8) is 0 Å². The van der Waals surface area contributed by atoms with Crippen LogP contribution in [0.2, 0.25) is 0 Å². The number of thioether (sulfide) groups is 1. The number of hydrogen-bond donors (Lipinski definition) is 1. The summed E-state index contributed by atoms with van der Waals surface area (Å²) in [4.78, 5) is 31.5. The van der Waals surface area contributed by atoms with Crippen molar-refractivity contribution in [2.24, 2.45) is 4.99 Å². The highest BCUT2D eigenvalue weighted by Crippen LogP contribution is 2.35. The molecule has 7 nitrogen and oxygen atoms in total. The van der Waals surface area contributed by atoms with Gasteiger partial charge in [-0.2, -0.15) is 0 Å². The molecule has 1 aliphatic heterocycles. The van der Waals surface area contributed by atoms with Crippen LogP contribution in [-0.2, 0) is 11.3 Å². The fraction of sp³-hybridized carbons (Fsp3) is 0.179. The maximum Gasteiger partial charge on any atom is 0.335 e. The van der Waals surface area contributed by atoms with E-state index in [2.05, 4.69) is 0 Å². The number of rotatable bonds is 8. The Balaban J connectivity index is 1.63. The fourth-order valence-electron chi connectivity index (χ4n) is 3.50. The zero-order chi connectivity index (χ0) is 25.7. The van der Waals surface area contributed by atoms with E-state index in [0.717, 1.165) is 22.6 Å². The van der Waals surface area contributed by atoms with E-state index in [1.54, 1.807) is 24.1 Å². The first-order valence-corrected chi connectivity index (χ1v) is 12.2. The highest BCUT2D eigenvalue weighted by Gasteiger charge is 2.33. The quantitative estimate of drug-likeness (QED) is 0.381. The number of ether oxygens (including phenoxy) is 2. The van der Waals surface area contributed by atoms with Gasteiger partial charge < -0.3 is 14.6 Å². The van der Waals surface area contributed by atoms with Crippen LogP contribution in [0, 0.1) is 0 Å². The lowest BCUT2D eigenvalue weighted by atomic mass is 10.1. The number of methoxy groups -OCH3 is 1. The Hall–Kier alpha value is -4.04. The number of benzene rings is 3. The van der Waals surface area contributed by atoms with Gasteiger partial charge in [-0.1, -0.05) is 24.3 Å². The van der Waals surface area contributed by atoms with E-state index in [9.17, 15) is 9.59 Å². The molecule has 1 aliphatic rings. The lowest BCUT2D eigenvalue weighted by molar-refractivity contribution is -0.122. The number of amides is 1. The Bertz CT molecular complexity index is 1300. The summed E-state index contributed by atoms with van der Waals surface area (Å²) in [6.45, 7) is 4.20. The van der Waals surface area contributed by atoms with Gasteiger partial charge in [-0.3, -0.25) is 9.69 Å². The molecule has 0 aliphatic carbocycles. The highest BCUT2D eigenvalue weighted by molar-refractivity contribution is 8.18. The van der Waals surface area contributed by atoms with Crippen LogP contribution in [0.5, 0.6) is 11.5 Å². The SMILES string of the molecule is COc1ccc(N=C2S/C(=C\c3ccc(OC(C)C)cc3)C(=O)N2Cc2ccc(C(=O)O)cc2)cc1. The number of carbonyl (C=O) groups excluding carboxylic acids is 1. The third kappa shape index (κ3) is 6.14. The van der Waals surface area contributed by atoms with Crippen molar-refractivity contribution in [2.75, 3.05) is 7.11 Å². The van der Waals surface area contributed by atoms with E-state index in [4.69, 9.17) is 19.6 Å². The molecule has 0 aromatic heterocycles. The number of carboxylic acids is 1. The van der Waals surface area contributed by atoms with Gasteiger partial charge in [0, 0.05) is 0 Å². The maximum atomic E-state index is 13.4. The van der Waals surface area contributed by atoms with E-state index in [0.29, 0.717) is 15.8 Å². The van der Waals surface area contributed by atoms with E-state index >= 15 is 0 Å². The molecule has 0 spiro atoms. The Morgan fingerprint density at radius 1 is 1.00 bits per heavy atom. The largest absolute Gasteiger partial charge is 0.497 e. The highest BCUT2D eigenvalue weighted by atomic mass is 32.2. The molecule has 3 aromatic carbocycles. The van der Waals surface area contributed by atoms with Gasteiger partial charge in [-0.05, 0) is 91.3 Å². The molecule has 1 fully saturated rings. The standard InChI is InChI=1S/C28H26N2O5S/c1-18(2)35-24-12-6-19(7-13-24)16-25-26(31)30(17-20-4-8-21(9-5-20)27(32)33)28(36-25)29-22-10-14-23(34-3)15-11-22/h4-16,18H,17H2,1-3H3,(H,32,33)/b25-16-,29-28?. The maximum absolute atomic E-state index is 13.4. The van der Waals surface area contributed by atoms with Crippen molar-refractivity contribution >= 4 is 40.6 Å². The first kappa shape index (κ1) is 25.1. The summed E-state index contributed by atoms with van der Waals surface area (Å²) >= 11 is 1.30. The number of aromatic carboxylic acids is 1. The second-order valence-corrected chi connectivity index (χ2v) is 9.34. The molecule has 1 amide bonds. The predicted molar refractivity (Wildman–Crippen MR) is 142 cm³/mol. The summed E-state index contributed by atoms with van der Waals surface area (Å²) in [5, 5.41) is 9.71. The second kappa shape index (κ2) is 11.1. The minimum Gasteiger partial charge on any atom is -0.497 e. The van der Waals surface area contributed by atoms with Crippen LogP contribution in [-0.4, -0.2) is 40.3 Å². The molecule has 0 bridgehead atoms. The van der Waals surface area contributed by atoms with Crippen LogP contribution in [0.15, 0.2) is 82.7 Å². The number of amidine groups is 1. The minimum absolute atomic E-state index is 0.0796. The average Bonchev–Trinajstić information content (AvgIpc) is 3.14. The Morgan fingerprint density at radius 3 is 2.22 bits per heavy atom. The van der Waals surface area contributed by atoms with E-state index < -0.39 is 5.97 Å². The third-order valence-electron chi connectivity index (χ3n) is 5.28. The third-order valence-corrected chi connectivity index (χ3v) is 6.28. The van der Waals surface area contributed by atoms with E-state index in [-0.39, 0.29) is 24.1 Å². The number of carbonyl (C=O) groups is 2. The lowest BCUT2D eigenvalue weighted by Gasteiger charge is -2.16. The molecule has 0 atom stereocenters. The van der Waals surface area contributed by atoms with Crippen molar-refractivity contribution < 1.29 is 24.2 Å². The molecule has 8 heteroatoms. The molecule has 184 valence electrons. The van der Waals surface area contributed by atoms with Crippen molar-refractivity contribution in [2.45, 2.75) is 26.5 Å². The fourth-order valence-corrected chi connectivity index (χ4v) is 4.50. The van der Waals surface area contributed by atoms with E-state index in [1.807, 2.05) is 68.5 Å². The van der Waals surface area contributed by atoms with Gasteiger partial charge in [-0.25, -0.2) is 9.79 Å². The van der Waals surface area contributed by atoms with Crippen LogP contribution < -0.4 is 9.47 Å². The number of aliphatic imine (C=N–C) groups is 1.